The van der Waals surface area contributed by atoms with Crippen LogP contribution in [0.4, 0.5) is 0 Å². The second kappa shape index (κ2) is 8.31. The Labute approximate surface area is 117 Å². The van der Waals surface area contributed by atoms with Crippen molar-refractivity contribution in [3.05, 3.63) is 35.9 Å². The highest BCUT2D eigenvalue weighted by Gasteiger charge is 2.14. The summed E-state index contributed by atoms with van der Waals surface area (Å²) in [7, 11) is 2.03. The van der Waals surface area contributed by atoms with E-state index in [9.17, 15) is 5.11 Å². The van der Waals surface area contributed by atoms with Gasteiger partial charge in [0.2, 0.25) is 0 Å². The van der Waals surface area contributed by atoms with Crippen molar-refractivity contribution < 1.29 is 9.84 Å². The second-order valence-corrected chi connectivity index (χ2v) is 5.75. The first-order valence-electron chi connectivity index (χ1n) is 7.00. The van der Waals surface area contributed by atoms with Gasteiger partial charge in [0.25, 0.3) is 0 Å². The summed E-state index contributed by atoms with van der Waals surface area (Å²) in [5, 5.41) is 9.68. The van der Waals surface area contributed by atoms with Gasteiger partial charge in [0.1, 0.15) is 0 Å². The summed E-state index contributed by atoms with van der Waals surface area (Å²) in [5.41, 5.74) is 0.699. The fourth-order valence-electron chi connectivity index (χ4n) is 2.11. The Balaban J connectivity index is 2.00. The van der Waals surface area contributed by atoms with Crippen molar-refractivity contribution in [2.24, 2.45) is 0 Å². The number of nitrogens with zero attached hydrogens (tertiary/aromatic N) is 1. The Morgan fingerprint density at radius 1 is 1.16 bits per heavy atom. The van der Waals surface area contributed by atoms with Crippen LogP contribution in [0, 0.1) is 0 Å². The van der Waals surface area contributed by atoms with E-state index in [1.807, 2.05) is 27.0 Å². The molecule has 1 N–H and O–H groups in total. The number of aliphatic hydroxyl groups is 1. The highest BCUT2D eigenvalue weighted by Crippen LogP contribution is 2.04. The SMILES string of the molecule is CN(CCCOCCc1ccccc1)CC(C)(C)O. The van der Waals surface area contributed by atoms with Crippen LogP contribution < -0.4 is 0 Å². The zero-order valence-electron chi connectivity index (χ0n) is 12.4. The van der Waals surface area contributed by atoms with Crippen LogP contribution >= 0.6 is 0 Å². The quantitative estimate of drug-likeness (QED) is 0.696. The van der Waals surface area contributed by atoms with Gasteiger partial charge < -0.3 is 14.7 Å². The molecule has 0 fully saturated rings. The number of ether oxygens (including phenoxy) is 1. The van der Waals surface area contributed by atoms with Crippen molar-refractivity contribution in [1.29, 1.82) is 0 Å². The maximum atomic E-state index is 9.68. The van der Waals surface area contributed by atoms with Crippen molar-refractivity contribution in [3.8, 4) is 0 Å². The molecule has 0 amide bonds. The summed E-state index contributed by atoms with van der Waals surface area (Å²) in [6.45, 7) is 6.87. The number of rotatable bonds is 9. The highest BCUT2D eigenvalue weighted by atomic mass is 16.5. The molecule has 0 atom stereocenters. The molecule has 0 unspecified atom stereocenters. The van der Waals surface area contributed by atoms with Gasteiger partial charge in [-0.05, 0) is 39.3 Å². The van der Waals surface area contributed by atoms with Gasteiger partial charge in [0.15, 0.2) is 0 Å². The molecule has 0 spiro atoms. The molecule has 1 aromatic rings. The van der Waals surface area contributed by atoms with Crippen molar-refractivity contribution in [2.75, 3.05) is 33.4 Å². The molecule has 0 saturated carbocycles. The third-order valence-corrected chi connectivity index (χ3v) is 2.86. The predicted molar refractivity (Wildman–Crippen MR) is 79.4 cm³/mol. The largest absolute Gasteiger partial charge is 0.389 e. The maximum absolute atomic E-state index is 9.68. The van der Waals surface area contributed by atoms with Crippen LogP contribution in [0.5, 0.6) is 0 Å². The zero-order valence-corrected chi connectivity index (χ0v) is 12.4. The van der Waals surface area contributed by atoms with Crippen LogP contribution in [-0.2, 0) is 11.2 Å². The van der Waals surface area contributed by atoms with E-state index in [4.69, 9.17) is 4.74 Å². The predicted octanol–water partition coefficient (Wildman–Crippen LogP) is 2.34. The summed E-state index contributed by atoms with van der Waals surface area (Å²) in [6, 6.07) is 10.4. The molecule has 0 radical (unpaired) electrons. The lowest BCUT2D eigenvalue weighted by atomic mass is 10.1. The lowest BCUT2D eigenvalue weighted by Gasteiger charge is -2.25. The smallest absolute Gasteiger partial charge is 0.0718 e. The van der Waals surface area contributed by atoms with E-state index in [0.717, 1.165) is 32.6 Å². The summed E-state index contributed by atoms with van der Waals surface area (Å²) in [4.78, 5) is 2.14. The van der Waals surface area contributed by atoms with E-state index in [1.165, 1.54) is 5.56 Å². The molecule has 3 nitrogen and oxygen atoms in total. The molecule has 0 saturated heterocycles. The first kappa shape index (κ1) is 16.2. The minimum atomic E-state index is -0.622. The molecule has 0 heterocycles. The van der Waals surface area contributed by atoms with Gasteiger partial charge in [0, 0.05) is 19.7 Å². The van der Waals surface area contributed by atoms with Crippen molar-refractivity contribution >= 4 is 0 Å². The zero-order chi connectivity index (χ0) is 14.1. The standard InChI is InChI=1S/C16H27NO2/c1-16(2,18)14-17(3)11-7-12-19-13-10-15-8-5-4-6-9-15/h4-6,8-9,18H,7,10-14H2,1-3H3. The Hall–Kier alpha value is -0.900. The van der Waals surface area contributed by atoms with Gasteiger partial charge >= 0.3 is 0 Å². The molecule has 0 aliphatic rings. The van der Waals surface area contributed by atoms with Crippen LogP contribution in [-0.4, -0.2) is 49.0 Å². The van der Waals surface area contributed by atoms with E-state index in [0.29, 0.717) is 6.54 Å². The van der Waals surface area contributed by atoms with E-state index < -0.39 is 5.60 Å². The van der Waals surface area contributed by atoms with Gasteiger partial charge in [-0.25, -0.2) is 0 Å². The molecular weight excluding hydrogens is 238 g/mol. The number of benzene rings is 1. The van der Waals surface area contributed by atoms with Gasteiger partial charge in [-0.3, -0.25) is 0 Å². The molecule has 1 aromatic carbocycles. The minimum absolute atomic E-state index is 0.622. The average molecular weight is 265 g/mol. The topological polar surface area (TPSA) is 32.7 Å². The molecule has 0 aliphatic carbocycles. The summed E-state index contributed by atoms with van der Waals surface area (Å²) in [6.07, 6.45) is 1.97. The summed E-state index contributed by atoms with van der Waals surface area (Å²) in [5.74, 6) is 0. The van der Waals surface area contributed by atoms with Gasteiger partial charge in [-0.15, -0.1) is 0 Å². The van der Waals surface area contributed by atoms with E-state index >= 15 is 0 Å². The maximum Gasteiger partial charge on any atom is 0.0718 e. The Bertz CT molecular complexity index is 332. The van der Waals surface area contributed by atoms with E-state index in [1.54, 1.807) is 0 Å². The number of hydrogen-bond donors (Lipinski definition) is 1. The van der Waals surface area contributed by atoms with E-state index in [2.05, 4.69) is 29.2 Å². The minimum Gasteiger partial charge on any atom is -0.389 e. The Morgan fingerprint density at radius 2 is 1.84 bits per heavy atom. The van der Waals surface area contributed by atoms with Gasteiger partial charge in [0.05, 0.1) is 12.2 Å². The summed E-state index contributed by atoms with van der Waals surface area (Å²) < 4.78 is 5.63. The fraction of sp³-hybridized carbons (Fsp3) is 0.625. The molecule has 3 heteroatoms. The molecule has 108 valence electrons. The van der Waals surface area contributed by atoms with Crippen molar-refractivity contribution in [2.45, 2.75) is 32.3 Å². The Kier molecular flexibility index (Phi) is 7.06. The van der Waals surface area contributed by atoms with Crippen LogP contribution in [0.1, 0.15) is 25.8 Å². The third kappa shape index (κ3) is 8.76. The second-order valence-electron chi connectivity index (χ2n) is 5.75. The highest BCUT2D eigenvalue weighted by molar-refractivity contribution is 5.14. The van der Waals surface area contributed by atoms with Crippen LogP contribution in [0.2, 0.25) is 0 Å². The number of hydrogen-bond acceptors (Lipinski definition) is 3. The van der Waals surface area contributed by atoms with Crippen molar-refractivity contribution in [3.63, 3.8) is 0 Å². The lowest BCUT2D eigenvalue weighted by molar-refractivity contribution is 0.0407. The molecule has 19 heavy (non-hydrogen) atoms. The van der Waals surface area contributed by atoms with E-state index in [-0.39, 0.29) is 0 Å². The first-order valence-corrected chi connectivity index (χ1v) is 7.00. The summed E-state index contributed by atoms with van der Waals surface area (Å²) >= 11 is 0. The molecule has 0 bridgehead atoms. The molecule has 0 aliphatic heterocycles. The normalized spacial score (nSPS) is 12.1. The third-order valence-electron chi connectivity index (χ3n) is 2.86. The fourth-order valence-corrected chi connectivity index (χ4v) is 2.11. The molecule has 0 aromatic heterocycles. The van der Waals surface area contributed by atoms with Gasteiger partial charge in [-0.2, -0.15) is 0 Å². The first-order chi connectivity index (χ1) is 8.97. The molecule has 1 rings (SSSR count). The molecular formula is C16H27NO2. The lowest BCUT2D eigenvalue weighted by Crippen LogP contribution is -2.36. The van der Waals surface area contributed by atoms with Crippen molar-refractivity contribution in [1.82, 2.24) is 4.90 Å². The van der Waals surface area contributed by atoms with Gasteiger partial charge in [-0.1, -0.05) is 30.3 Å². The van der Waals surface area contributed by atoms with Crippen LogP contribution in [0.3, 0.4) is 0 Å². The van der Waals surface area contributed by atoms with Crippen LogP contribution in [0.15, 0.2) is 30.3 Å². The Morgan fingerprint density at radius 3 is 2.47 bits per heavy atom. The number of likely N-dealkylation sites (N-methyl/N-ethyl adjacent to an activating group) is 1. The average Bonchev–Trinajstić information content (AvgIpc) is 2.32. The monoisotopic (exact) mass is 265 g/mol. The van der Waals surface area contributed by atoms with Crippen LogP contribution in [0.25, 0.3) is 0 Å².